The summed E-state index contributed by atoms with van der Waals surface area (Å²) in [5, 5.41) is 2.82. The van der Waals surface area contributed by atoms with E-state index < -0.39 is 11.8 Å². The van der Waals surface area contributed by atoms with Crippen LogP contribution in [-0.2, 0) is 11.8 Å². The Hall–Kier alpha value is -2.65. The van der Waals surface area contributed by atoms with Crippen molar-refractivity contribution in [2.24, 2.45) is 7.05 Å². The number of rotatable bonds is 4. The van der Waals surface area contributed by atoms with Crippen molar-refractivity contribution >= 4 is 45.1 Å². The van der Waals surface area contributed by atoms with Crippen LogP contribution in [0.5, 0.6) is 0 Å². The lowest BCUT2D eigenvalue weighted by Gasteiger charge is -2.08. The van der Waals surface area contributed by atoms with Crippen LogP contribution >= 0.6 is 23.1 Å². The molecule has 2 amide bonds. The smallest absolute Gasteiger partial charge is 0.269 e. The number of thioether (sulfide) groups is 1. The van der Waals surface area contributed by atoms with Crippen molar-refractivity contribution in [1.29, 1.82) is 0 Å². The van der Waals surface area contributed by atoms with Crippen LogP contribution in [0.4, 0.5) is 0 Å². The van der Waals surface area contributed by atoms with E-state index in [4.69, 9.17) is 0 Å². The van der Waals surface area contributed by atoms with E-state index in [0.29, 0.717) is 20.9 Å². The molecule has 9 heteroatoms. The molecule has 2 heterocycles. The number of nitrogens with one attached hydrogen (secondary N) is 2. The van der Waals surface area contributed by atoms with E-state index in [1.807, 2.05) is 0 Å². The molecule has 0 unspecified atom stereocenters. The molecule has 0 radical (unpaired) electrons. The molecule has 2 N–H and O–H groups in total. The molecule has 3 aromatic rings. The van der Waals surface area contributed by atoms with E-state index in [1.54, 1.807) is 48.8 Å². The van der Waals surface area contributed by atoms with Crippen LogP contribution in [-0.4, -0.2) is 27.1 Å². The second-order valence-electron chi connectivity index (χ2n) is 5.05. The van der Waals surface area contributed by atoms with Gasteiger partial charge in [-0.3, -0.25) is 29.8 Å². The highest BCUT2D eigenvalue weighted by Crippen LogP contribution is 2.20. The fourth-order valence-electron chi connectivity index (χ4n) is 2.06. The predicted molar refractivity (Wildman–Crippen MR) is 97.6 cm³/mol. The monoisotopic (exact) mass is 374 g/mol. The number of hydrogen-bond donors (Lipinski definition) is 2. The number of thiophene rings is 1. The fourth-order valence-corrected chi connectivity index (χ4v) is 3.64. The van der Waals surface area contributed by atoms with Crippen molar-refractivity contribution in [3.8, 4) is 0 Å². The molecule has 2 aromatic heterocycles. The number of amides is 2. The van der Waals surface area contributed by atoms with Crippen LogP contribution in [0.25, 0.3) is 10.2 Å². The van der Waals surface area contributed by atoms with Crippen LogP contribution in [0.15, 0.2) is 51.7 Å². The lowest BCUT2D eigenvalue weighted by Crippen LogP contribution is -2.42. The van der Waals surface area contributed by atoms with Crippen molar-refractivity contribution in [2.75, 3.05) is 5.75 Å². The summed E-state index contributed by atoms with van der Waals surface area (Å²) in [5.74, 6) is -0.772. The first-order valence-corrected chi connectivity index (χ1v) is 9.14. The zero-order valence-electron chi connectivity index (χ0n) is 13.2. The predicted octanol–water partition coefficient (Wildman–Crippen LogP) is 1.55. The third kappa shape index (κ3) is 3.89. The molecule has 0 bridgehead atoms. The Morgan fingerprint density at radius 3 is 2.72 bits per heavy atom. The van der Waals surface area contributed by atoms with Crippen LogP contribution in [0.1, 0.15) is 10.4 Å². The van der Waals surface area contributed by atoms with Gasteiger partial charge in [0, 0.05) is 12.6 Å². The lowest BCUT2D eigenvalue weighted by molar-refractivity contribution is -0.119. The van der Waals surface area contributed by atoms with E-state index in [9.17, 15) is 14.4 Å². The number of hydrazine groups is 1. The summed E-state index contributed by atoms with van der Waals surface area (Å²) >= 11 is 2.51. The maximum atomic E-state index is 12.2. The van der Waals surface area contributed by atoms with Crippen molar-refractivity contribution in [2.45, 2.75) is 5.16 Å². The Morgan fingerprint density at radius 1 is 1.20 bits per heavy atom. The van der Waals surface area contributed by atoms with Gasteiger partial charge in [-0.2, -0.15) is 0 Å². The van der Waals surface area contributed by atoms with Crippen molar-refractivity contribution < 1.29 is 9.59 Å². The summed E-state index contributed by atoms with van der Waals surface area (Å²) < 4.78 is 1.41. The van der Waals surface area contributed by atoms with E-state index in [-0.39, 0.29) is 11.3 Å². The largest absolute Gasteiger partial charge is 0.290 e. The molecule has 0 saturated heterocycles. The van der Waals surface area contributed by atoms with Crippen LogP contribution < -0.4 is 16.4 Å². The Morgan fingerprint density at radius 2 is 1.96 bits per heavy atom. The second kappa shape index (κ2) is 7.49. The zero-order valence-corrected chi connectivity index (χ0v) is 14.8. The van der Waals surface area contributed by atoms with Crippen LogP contribution in [0.2, 0.25) is 0 Å². The number of fused-ring (bicyclic) bond motifs is 1. The lowest BCUT2D eigenvalue weighted by atomic mass is 10.2. The van der Waals surface area contributed by atoms with Crippen molar-refractivity contribution in [3.05, 3.63) is 57.7 Å². The SMILES string of the molecule is Cn1c(SCC(=O)NNC(=O)c2ccccc2)nc2sccc2c1=O. The van der Waals surface area contributed by atoms with Gasteiger partial charge in [-0.1, -0.05) is 30.0 Å². The Balaban J connectivity index is 1.58. The van der Waals surface area contributed by atoms with E-state index in [0.717, 1.165) is 11.8 Å². The minimum atomic E-state index is -0.399. The Bertz CT molecular complexity index is 982. The third-order valence-corrected chi connectivity index (χ3v) is 5.18. The molecule has 0 aliphatic rings. The molecule has 25 heavy (non-hydrogen) atoms. The molecular formula is C16H14N4O3S2. The second-order valence-corrected chi connectivity index (χ2v) is 6.89. The van der Waals surface area contributed by atoms with Gasteiger partial charge in [0.2, 0.25) is 5.91 Å². The number of nitrogens with zero attached hydrogens (tertiary/aromatic N) is 2. The first-order valence-electron chi connectivity index (χ1n) is 7.27. The minimum Gasteiger partial charge on any atom is -0.290 e. The average molecular weight is 374 g/mol. The summed E-state index contributed by atoms with van der Waals surface area (Å²) in [6, 6.07) is 10.3. The number of carbonyl (C=O) groups excluding carboxylic acids is 2. The average Bonchev–Trinajstić information content (AvgIpc) is 3.11. The quantitative estimate of drug-likeness (QED) is 0.411. The Labute approximate surface area is 151 Å². The number of hydrogen-bond acceptors (Lipinski definition) is 6. The van der Waals surface area contributed by atoms with Crippen LogP contribution in [0.3, 0.4) is 0 Å². The minimum absolute atomic E-state index is 0.0201. The first-order chi connectivity index (χ1) is 12.1. The molecule has 0 saturated carbocycles. The summed E-state index contributed by atoms with van der Waals surface area (Å²) in [4.78, 5) is 41.0. The van der Waals surface area contributed by atoms with Gasteiger partial charge in [0.1, 0.15) is 4.83 Å². The van der Waals surface area contributed by atoms with E-state index in [2.05, 4.69) is 15.8 Å². The summed E-state index contributed by atoms with van der Waals surface area (Å²) in [6.07, 6.45) is 0. The van der Waals surface area contributed by atoms with Gasteiger partial charge in [-0.15, -0.1) is 11.3 Å². The highest BCUT2D eigenvalue weighted by Gasteiger charge is 2.12. The van der Waals surface area contributed by atoms with E-state index >= 15 is 0 Å². The normalized spacial score (nSPS) is 10.6. The van der Waals surface area contributed by atoms with Gasteiger partial charge >= 0.3 is 0 Å². The summed E-state index contributed by atoms with van der Waals surface area (Å²) in [7, 11) is 1.61. The van der Waals surface area contributed by atoms with Crippen molar-refractivity contribution in [1.82, 2.24) is 20.4 Å². The topological polar surface area (TPSA) is 93.1 Å². The first kappa shape index (κ1) is 17.2. The molecule has 1 aromatic carbocycles. The van der Waals surface area contributed by atoms with Gasteiger partial charge < -0.3 is 0 Å². The van der Waals surface area contributed by atoms with Gasteiger partial charge in [0.05, 0.1) is 11.1 Å². The van der Waals surface area contributed by atoms with Crippen LogP contribution in [0, 0.1) is 0 Å². The number of benzene rings is 1. The third-order valence-electron chi connectivity index (χ3n) is 3.35. The zero-order chi connectivity index (χ0) is 17.8. The molecular weight excluding hydrogens is 360 g/mol. The molecule has 0 aliphatic carbocycles. The molecule has 0 spiro atoms. The highest BCUT2D eigenvalue weighted by molar-refractivity contribution is 7.99. The molecule has 0 fully saturated rings. The molecule has 7 nitrogen and oxygen atoms in total. The Kier molecular flexibility index (Phi) is 5.15. The van der Waals surface area contributed by atoms with Gasteiger partial charge in [-0.25, -0.2) is 4.98 Å². The van der Waals surface area contributed by atoms with E-state index in [1.165, 1.54) is 15.9 Å². The molecule has 0 atom stereocenters. The summed E-state index contributed by atoms with van der Waals surface area (Å²) in [5.41, 5.74) is 4.99. The molecule has 0 aliphatic heterocycles. The molecule has 128 valence electrons. The van der Waals surface area contributed by atoms with Crippen molar-refractivity contribution in [3.63, 3.8) is 0 Å². The summed E-state index contributed by atoms with van der Waals surface area (Å²) in [6.45, 7) is 0. The molecule has 3 rings (SSSR count). The number of carbonyl (C=O) groups is 2. The van der Waals surface area contributed by atoms with Gasteiger partial charge in [-0.05, 0) is 23.6 Å². The highest BCUT2D eigenvalue weighted by atomic mass is 32.2. The van der Waals surface area contributed by atoms with Gasteiger partial charge in [0.15, 0.2) is 5.16 Å². The standard InChI is InChI=1S/C16H14N4O3S2/c1-20-15(23)11-7-8-24-14(11)17-16(20)25-9-12(21)18-19-13(22)10-5-3-2-4-6-10/h2-8H,9H2,1H3,(H,18,21)(H,19,22). The maximum Gasteiger partial charge on any atom is 0.269 e. The van der Waals surface area contributed by atoms with Gasteiger partial charge in [0.25, 0.3) is 11.5 Å². The maximum absolute atomic E-state index is 12.2. The number of aromatic nitrogens is 2. The fraction of sp³-hybridized carbons (Fsp3) is 0.125.